The molecule has 1 aliphatic rings. The molecule has 2 heterocycles. The van der Waals surface area contributed by atoms with Gasteiger partial charge in [-0.25, -0.2) is 4.98 Å². The highest BCUT2D eigenvalue weighted by atomic mass is 35.5. The Balaban J connectivity index is 2.49. The summed E-state index contributed by atoms with van der Waals surface area (Å²) < 4.78 is 0. The lowest BCUT2D eigenvalue weighted by Gasteiger charge is -2.28. The Morgan fingerprint density at radius 3 is 3.25 bits per heavy atom. The maximum atomic E-state index is 11.2. The van der Waals surface area contributed by atoms with E-state index in [2.05, 4.69) is 15.3 Å². The number of aromatic nitrogens is 2. The van der Waals surface area contributed by atoms with E-state index in [1.165, 1.54) is 6.33 Å². The third kappa shape index (κ3) is 0.863. The van der Waals surface area contributed by atoms with Gasteiger partial charge in [-0.05, 0) is 0 Å². The van der Waals surface area contributed by atoms with Gasteiger partial charge < -0.3 is 15.2 Å². The molecule has 2 N–H and O–H groups in total. The first-order valence-electron chi connectivity index (χ1n) is 3.41. The Morgan fingerprint density at radius 1 is 1.75 bits per heavy atom. The molecule has 2 rings (SSSR count). The second-order valence-corrected chi connectivity index (χ2v) is 2.93. The lowest BCUT2D eigenvalue weighted by atomic mass is 10.3. The number of H-pyrrole nitrogens is 1. The van der Waals surface area contributed by atoms with Crippen LogP contribution in [0, 0.1) is 0 Å². The Labute approximate surface area is 73.7 Å². The molecular weight excluding hydrogens is 180 g/mol. The number of amides is 1. The van der Waals surface area contributed by atoms with Crippen LogP contribution < -0.4 is 10.2 Å². The molecule has 64 valence electrons. The van der Waals surface area contributed by atoms with Gasteiger partial charge >= 0.3 is 0 Å². The van der Waals surface area contributed by atoms with E-state index in [9.17, 15) is 4.79 Å². The van der Waals surface area contributed by atoms with Crippen molar-refractivity contribution in [2.24, 2.45) is 0 Å². The fourth-order valence-corrected chi connectivity index (χ4v) is 1.30. The molecule has 0 radical (unpaired) electrons. The Kier molecular flexibility index (Phi) is 1.47. The van der Waals surface area contributed by atoms with Crippen LogP contribution in [0.1, 0.15) is 10.5 Å². The van der Waals surface area contributed by atoms with Crippen LogP contribution in [0.5, 0.6) is 0 Å². The van der Waals surface area contributed by atoms with E-state index >= 15 is 0 Å². The van der Waals surface area contributed by atoms with Gasteiger partial charge in [0, 0.05) is 7.05 Å². The van der Waals surface area contributed by atoms with Crippen LogP contribution in [0.15, 0.2) is 6.33 Å². The van der Waals surface area contributed by atoms with E-state index in [4.69, 9.17) is 11.6 Å². The van der Waals surface area contributed by atoms with E-state index in [1.807, 2.05) is 0 Å². The molecule has 5 nitrogen and oxygen atoms in total. The second-order valence-electron chi connectivity index (χ2n) is 2.52. The number of anilines is 1. The number of carbonyl (C=O) groups is 1. The number of hydrogen-bond donors (Lipinski definition) is 2. The van der Waals surface area contributed by atoms with Gasteiger partial charge in [0.15, 0.2) is 11.4 Å². The van der Waals surface area contributed by atoms with E-state index in [0.29, 0.717) is 11.5 Å². The molecule has 1 atom stereocenters. The zero-order valence-corrected chi connectivity index (χ0v) is 7.09. The summed E-state index contributed by atoms with van der Waals surface area (Å²) in [6.45, 7) is 0. The largest absolute Gasteiger partial charge is 0.339 e. The predicted molar refractivity (Wildman–Crippen MR) is 44.1 cm³/mol. The highest BCUT2D eigenvalue weighted by molar-refractivity contribution is 6.24. The molecule has 1 amide bonds. The summed E-state index contributed by atoms with van der Waals surface area (Å²) in [5, 5.41) is 2.55. The molecule has 0 spiro atoms. The topological polar surface area (TPSA) is 61.0 Å². The number of hydrogen-bond acceptors (Lipinski definition) is 3. The normalized spacial score (nSPS) is 22.0. The summed E-state index contributed by atoms with van der Waals surface area (Å²) in [6.07, 6.45) is 1.47. The van der Waals surface area contributed by atoms with Gasteiger partial charge in [-0.3, -0.25) is 4.79 Å². The minimum atomic E-state index is -0.520. The summed E-state index contributed by atoms with van der Waals surface area (Å²) in [5.74, 6) is 0.361. The van der Waals surface area contributed by atoms with Crippen LogP contribution in [0.3, 0.4) is 0 Å². The van der Waals surface area contributed by atoms with Crippen molar-refractivity contribution in [3.63, 3.8) is 0 Å². The van der Waals surface area contributed by atoms with Crippen molar-refractivity contribution in [1.82, 2.24) is 15.3 Å². The van der Waals surface area contributed by atoms with Gasteiger partial charge in [0.25, 0.3) is 5.91 Å². The number of alkyl halides is 1. The fourth-order valence-electron chi connectivity index (χ4n) is 1.11. The molecular formula is C6H7ClN4O. The number of rotatable bonds is 0. The minimum absolute atomic E-state index is 0.222. The maximum Gasteiger partial charge on any atom is 0.274 e. The van der Waals surface area contributed by atoms with Crippen LogP contribution in [0.25, 0.3) is 0 Å². The first-order valence-corrected chi connectivity index (χ1v) is 3.85. The fraction of sp³-hybridized carbons (Fsp3) is 0.333. The van der Waals surface area contributed by atoms with Crippen LogP contribution >= 0.6 is 11.6 Å². The molecule has 1 unspecified atom stereocenters. The van der Waals surface area contributed by atoms with Crippen LogP contribution in [-0.2, 0) is 0 Å². The molecule has 0 aliphatic carbocycles. The predicted octanol–water partition coefficient (Wildman–Crippen LogP) is 0.112. The quantitative estimate of drug-likeness (QED) is 0.447. The van der Waals surface area contributed by atoms with E-state index < -0.39 is 5.62 Å². The van der Waals surface area contributed by atoms with Crippen molar-refractivity contribution in [2.45, 2.75) is 5.62 Å². The molecule has 1 aliphatic heterocycles. The van der Waals surface area contributed by atoms with Crippen molar-refractivity contribution < 1.29 is 4.79 Å². The maximum absolute atomic E-state index is 11.2. The summed E-state index contributed by atoms with van der Waals surface area (Å²) in [5.41, 5.74) is -0.0669. The number of nitrogens with zero attached hydrogens (tertiary/aromatic N) is 2. The van der Waals surface area contributed by atoms with Crippen LogP contribution in [-0.4, -0.2) is 28.5 Å². The molecule has 0 saturated heterocycles. The molecule has 12 heavy (non-hydrogen) atoms. The molecule has 1 aromatic rings. The lowest BCUT2D eigenvalue weighted by molar-refractivity contribution is 0.0937. The Morgan fingerprint density at radius 2 is 2.50 bits per heavy atom. The number of imidazole rings is 1. The smallest absolute Gasteiger partial charge is 0.274 e. The van der Waals surface area contributed by atoms with Gasteiger partial charge in [-0.1, -0.05) is 11.6 Å². The van der Waals surface area contributed by atoms with Crippen molar-refractivity contribution in [2.75, 3.05) is 11.9 Å². The Bertz CT molecular complexity index is 323. The summed E-state index contributed by atoms with van der Waals surface area (Å²) >= 11 is 5.79. The van der Waals surface area contributed by atoms with Gasteiger partial charge in [0.2, 0.25) is 0 Å². The molecule has 6 heteroatoms. The van der Waals surface area contributed by atoms with E-state index in [-0.39, 0.29) is 5.91 Å². The average Bonchev–Trinajstić information content (AvgIpc) is 2.48. The monoisotopic (exact) mass is 186 g/mol. The standard InChI is InChI=1S/C6H7ClN4O/c1-11-4-3(8-2-9-4)5(12)10-6(11)7/h2,6H,1H3,(H,8,9)(H,10,12). The Hall–Kier alpha value is -1.23. The van der Waals surface area contributed by atoms with Crippen molar-refractivity contribution in [1.29, 1.82) is 0 Å². The minimum Gasteiger partial charge on any atom is -0.339 e. The molecule has 1 aromatic heterocycles. The van der Waals surface area contributed by atoms with Crippen LogP contribution in [0.2, 0.25) is 0 Å². The number of fused-ring (bicyclic) bond motifs is 1. The summed E-state index contributed by atoms with van der Waals surface area (Å²) in [6, 6.07) is 0. The third-order valence-electron chi connectivity index (χ3n) is 1.77. The zero-order chi connectivity index (χ0) is 8.72. The SMILES string of the molecule is CN1c2nc[nH]c2C(=O)NC1Cl. The highest BCUT2D eigenvalue weighted by Crippen LogP contribution is 2.21. The number of carbonyl (C=O) groups excluding carboxylic acids is 1. The van der Waals surface area contributed by atoms with Gasteiger partial charge in [-0.2, -0.15) is 0 Å². The summed E-state index contributed by atoms with van der Waals surface area (Å²) in [7, 11) is 1.76. The third-order valence-corrected chi connectivity index (χ3v) is 2.17. The molecule has 0 bridgehead atoms. The van der Waals surface area contributed by atoms with E-state index in [1.54, 1.807) is 11.9 Å². The van der Waals surface area contributed by atoms with Crippen molar-refractivity contribution >= 4 is 23.3 Å². The molecule has 0 saturated carbocycles. The van der Waals surface area contributed by atoms with Crippen molar-refractivity contribution in [3.8, 4) is 0 Å². The number of aromatic amines is 1. The molecule has 0 fully saturated rings. The molecule has 0 aromatic carbocycles. The van der Waals surface area contributed by atoms with Gasteiger partial charge in [0.1, 0.15) is 5.69 Å². The summed E-state index contributed by atoms with van der Waals surface area (Å²) in [4.78, 5) is 19.6. The second kappa shape index (κ2) is 2.38. The number of halogens is 1. The lowest BCUT2D eigenvalue weighted by Crippen LogP contribution is -2.47. The first kappa shape index (κ1) is 7.42. The highest BCUT2D eigenvalue weighted by Gasteiger charge is 2.28. The first-order chi connectivity index (χ1) is 5.70. The van der Waals surface area contributed by atoms with Gasteiger partial charge in [-0.15, -0.1) is 0 Å². The van der Waals surface area contributed by atoms with Gasteiger partial charge in [0.05, 0.1) is 6.33 Å². The van der Waals surface area contributed by atoms with Crippen molar-refractivity contribution in [3.05, 3.63) is 12.0 Å². The van der Waals surface area contributed by atoms with E-state index in [0.717, 1.165) is 0 Å². The average molecular weight is 187 g/mol. The number of nitrogens with one attached hydrogen (secondary N) is 2. The zero-order valence-electron chi connectivity index (χ0n) is 6.34. The van der Waals surface area contributed by atoms with Crippen LogP contribution in [0.4, 0.5) is 5.82 Å².